The third-order valence-electron chi connectivity index (χ3n) is 15.0. The second-order valence-corrected chi connectivity index (χ2v) is 19.1. The molecule has 14 rings (SSSR count). The summed E-state index contributed by atoms with van der Waals surface area (Å²) in [5, 5.41) is 2.36. The Balaban J connectivity index is 1.04. The predicted molar refractivity (Wildman–Crippen MR) is 267 cm³/mol. The standard InChI is InChI=1S/C61H48N4/c1-5-15-43(16-6-1)47-32-48(44-17-7-2-8-18-44)34-49(33-47)59-62-58(46-19-9-3-10-20-46)63-60(64-59)50-35-54(45-25-27-51(28-26-45)61-37-40-29-41(38-61)31-42(30-40)39-61)57-55(36-50)53-23-13-14-24-56(53)65(57)52-21-11-4-12-22-52/h1-28,32-36,40-42H,29-31,37-39H2. The highest BCUT2D eigenvalue weighted by Gasteiger charge is 2.51. The molecule has 0 radical (unpaired) electrons. The van der Waals surface area contributed by atoms with Gasteiger partial charge in [0.2, 0.25) is 0 Å². The van der Waals surface area contributed by atoms with Crippen LogP contribution < -0.4 is 0 Å². The van der Waals surface area contributed by atoms with E-state index in [-0.39, 0.29) is 0 Å². The summed E-state index contributed by atoms with van der Waals surface area (Å²) in [7, 11) is 0. The van der Waals surface area contributed by atoms with Gasteiger partial charge in [-0.05, 0) is 144 Å². The molecule has 4 heteroatoms. The summed E-state index contributed by atoms with van der Waals surface area (Å²) >= 11 is 0. The number of hydrogen-bond acceptors (Lipinski definition) is 3. The van der Waals surface area contributed by atoms with E-state index in [0.29, 0.717) is 22.9 Å². The molecule has 2 aromatic heterocycles. The number of rotatable bonds is 8. The Bertz CT molecular complexity index is 3280. The fourth-order valence-corrected chi connectivity index (χ4v) is 12.5. The monoisotopic (exact) mass is 836 g/mol. The molecule has 2 heterocycles. The van der Waals surface area contributed by atoms with Gasteiger partial charge in [0.15, 0.2) is 17.5 Å². The largest absolute Gasteiger partial charge is 0.309 e. The molecule has 0 unspecified atom stereocenters. The van der Waals surface area contributed by atoms with E-state index in [2.05, 4.69) is 199 Å². The maximum atomic E-state index is 5.45. The Labute approximate surface area is 380 Å². The second kappa shape index (κ2) is 15.4. The van der Waals surface area contributed by atoms with Crippen LogP contribution in [0.3, 0.4) is 0 Å². The molecule has 0 atom stereocenters. The maximum absolute atomic E-state index is 5.45. The fourth-order valence-electron chi connectivity index (χ4n) is 12.5. The lowest BCUT2D eigenvalue weighted by molar-refractivity contribution is -0.00518. The Morgan fingerprint density at radius 3 is 1.40 bits per heavy atom. The number of para-hydroxylation sites is 2. The van der Waals surface area contributed by atoms with Crippen molar-refractivity contribution in [3.05, 3.63) is 206 Å². The average molecular weight is 837 g/mol. The number of benzene rings is 8. The summed E-state index contributed by atoms with van der Waals surface area (Å²) in [6.45, 7) is 0. The van der Waals surface area contributed by atoms with Gasteiger partial charge in [-0.1, -0.05) is 152 Å². The van der Waals surface area contributed by atoms with E-state index in [0.717, 1.165) is 67.9 Å². The zero-order valence-electron chi connectivity index (χ0n) is 36.3. The third kappa shape index (κ3) is 6.70. The van der Waals surface area contributed by atoms with Crippen LogP contribution in [-0.2, 0) is 5.41 Å². The lowest BCUT2D eigenvalue weighted by Gasteiger charge is -2.57. The first-order valence-corrected chi connectivity index (χ1v) is 23.4. The van der Waals surface area contributed by atoms with E-state index >= 15 is 0 Å². The molecule has 4 bridgehead atoms. The van der Waals surface area contributed by atoms with Crippen LogP contribution in [-0.4, -0.2) is 19.5 Å². The summed E-state index contributed by atoms with van der Waals surface area (Å²) in [4.78, 5) is 16.1. The van der Waals surface area contributed by atoms with Crippen LogP contribution in [0.5, 0.6) is 0 Å². The Hall–Kier alpha value is -7.43. The van der Waals surface area contributed by atoms with Crippen molar-refractivity contribution in [1.82, 2.24) is 19.5 Å². The molecule has 8 aromatic carbocycles. The van der Waals surface area contributed by atoms with Gasteiger partial charge in [-0.2, -0.15) is 0 Å². The lowest BCUT2D eigenvalue weighted by Crippen LogP contribution is -2.48. The van der Waals surface area contributed by atoms with Gasteiger partial charge in [-0.3, -0.25) is 0 Å². The quantitative estimate of drug-likeness (QED) is 0.153. The van der Waals surface area contributed by atoms with Crippen molar-refractivity contribution >= 4 is 21.8 Å². The first-order valence-electron chi connectivity index (χ1n) is 23.4. The van der Waals surface area contributed by atoms with E-state index < -0.39 is 0 Å². The minimum absolute atomic E-state index is 0.330. The molecular weight excluding hydrogens is 789 g/mol. The van der Waals surface area contributed by atoms with E-state index in [1.54, 1.807) is 5.56 Å². The Morgan fingerprint density at radius 2 is 0.831 bits per heavy atom. The molecule has 10 aromatic rings. The van der Waals surface area contributed by atoms with Gasteiger partial charge in [-0.15, -0.1) is 0 Å². The normalized spacial score (nSPS) is 19.8. The molecule has 4 nitrogen and oxygen atoms in total. The summed E-state index contributed by atoms with van der Waals surface area (Å²) < 4.78 is 2.45. The van der Waals surface area contributed by atoms with Crippen LogP contribution in [0.25, 0.3) is 95.0 Å². The van der Waals surface area contributed by atoms with Crippen molar-refractivity contribution in [1.29, 1.82) is 0 Å². The Kier molecular flexibility index (Phi) is 9.01. The smallest absolute Gasteiger partial charge is 0.164 e. The van der Waals surface area contributed by atoms with E-state index in [4.69, 9.17) is 15.0 Å². The maximum Gasteiger partial charge on any atom is 0.164 e. The topological polar surface area (TPSA) is 43.6 Å². The van der Waals surface area contributed by atoms with E-state index in [9.17, 15) is 0 Å². The highest BCUT2D eigenvalue weighted by molar-refractivity contribution is 6.15. The minimum Gasteiger partial charge on any atom is -0.309 e. The number of hydrogen-bond donors (Lipinski definition) is 0. The van der Waals surface area contributed by atoms with Crippen LogP contribution in [0.1, 0.15) is 44.1 Å². The zero-order valence-corrected chi connectivity index (χ0v) is 36.3. The van der Waals surface area contributed by atoms with Crippen molar-refractivity contribution in [2.45, 2.75) is 43.9 Å². The highest BCUT2D eigenvalue weighted by Crippen LogP contribution is 2.61. The molecule has 312 valence electrons. The van der Waals surface area contributed by atoms with Gasteiger partial charge < -0.3 is 4.57 Å². The summed E-state index contributed by atoms with van der Waals surface area (Å²) in [6, 6.07) is 72.3. The van der Waals surface area contributed by atoms with Crippen LogP contribution >= 0.6 is 0 Å². The zero-order chi connectivity index (χ0) is 42.9. The number of nitrogens with zero attached hydrogens (tertiary/aromatic N) is 4. The van der Waals surface area contributed by atoms with Crippen molar-refractivity contribution in [2.75, 3.05) is 0 Å². The van der Waals surface area contributed by atoms with Gasteiger partial charge >= 0.3 is 0 Å². The van der Waals surface area contributed by atoms with Crippen molar-refractivity contribution in [3.8, 4) is 73.2 Å². The average Bonchev–Trinajstić information content (AvgIpc) is 3.71. The minimum atomic E-state index is 0.330. The molecule has 4 aliphatic rings. The first-order chi connectivity index (χ1) is 32.1. The lowest BCUT2D eigenvalue weighted by atomic mass is 9.48. The van der Waals surface area contributed by atoms with Gasteiger partial charge in [0.05, 0.1) is 11.0 Å². The molecule has 4 saturated carbocycles. The van der Waals surface area contributed by atoms with Crippen molar-refractivity contribution in [3.63, 3.8) is 0 Å². The molecule has 65 heavy (non-hydrogen) atoms. The van der Waals surface area contributed by atoms with Gasteiger partial charge in [0.25, 0.3) is 0 Å². The van der Waals surface area contributed by atoms with Crippen LogP contribution in [0.15, 0.2) is 200 Å². The summed E-state index contributed by atoms with van der Waals surface area (Å²) in [6.07, 6.45) is 8.41. The van der Waals surface area contributed by atoms with Gasteiger partial charge in [0, 0.05) is 38.7 Å². The Morgan fingerprint density at radius 1 is 0.369 bits per heavy atom. The van der Waals surface area contributed by atoms with Crippen molar-refractivity contribution < 1.29 is 0 Å². The molecule has 4 aliphatic carbocycles. The SMILES string of the molecule is c1ccc(-c2cc(-c3ccccc3)cc(-c3nc(-c4ccccc4)nc(-c4cc(-c5ccc(C67CC8CC(CC(C8)C6)C7)cc5)c5c(c4)c4ccccc4n5-c4ccccc4)n3)c2)cc1. The summed E-state index contributed by atoms with van der Waals surface area (Å²) in [5.74, 6) is 4.62. The first kappa shape index (κ1) is 38.1. The highest BCUT2D eigenvalue weighted by atomic mass is 15.0. The van der Waals surface area contributed by atoms with Crippen LogP contribution in [0.2, 0.25) is 0 Å². The second-order valence-electron chi connectivity index (χ2n) is 19.1. The van der Waals surface area contributed by atoms with Crippen molar-refractivity contribution in [2.24, 2.45) is 17.8 Å². The molecule has 0 N–H and O–H groups in total. The summed E-state index contributed by atoms with van der Waals surface area (Å²) in [5.41, 5.74) is 15.1. The van der Waals surface area contributed by atoms with Crippen LogP contribution in [0, 0.1) is 17.8 Å². The molecule has 0 aliphatic heterocycles. The predicted octanol–water partition coefficient (Wildman–Crippen LogP) is 15.4. The molecule has 0 spiro atoms. The van der Waals surface area contributed by atoms with Gasteiger partial charge in [-0.25, -0.2) is 15.0 Å². The molecule has 4 fully saturated rings. The number of fused-ring (bicyclic) bond motifs is 3. The third-order valence-corrected chi connectivity index (χ3v) is 15.0. The number of aromatic nitrogens is 4. The molecule has 0 saturated heterocycles. The van der Waals surface area contributed by atoms with Crippen LogP contribution in [0.4, 0.5) is 0 Å². The fraction of sp³-hybridized carbons (Fsp3) is 0.164. The molecule has 0 amide bonds. The van der Waals surface area contributed by atoms with E-state index in [1.165, 1.54) is 65.9 Å². The van der Waals surface area contributed by atoms with E-state index in [1.807, 2.05) is 6.07 Å². The molecular formula is C61H48N4. The van der Waals surface area contributed by atoms with Gasteiger partial charge in [0.1, 0.15) is 0 Å².